The molecule has 152 valence electrons. The lowest BCUT2D eigenvalue weighted by Crippen LogP contribution is -2.37. The fraction of sp³-hybridized carbons (Fsp3) is 0.300. The van der Waals surface area contributed by atoms with E-state index in [0.717, 1.165) is 4.90 Å². The first kappa shape index (κ1) is 20.3. The van der Waals surface area contributed by atoms with E-state index in [2.05, 4.69) is 0 Å². The molecule has 3 rings (SSSR count). The van der Waals surface area contributed by atoms with E-state index in [0.29, 0.717) is 10.8 Å². The van der Waals surface area contributed by atoms with Crippen molar-refractivity contribution in [2.24, 2.45) is 5.41 Å². The molecule has 1 aromatic rings. The number of fused-ring (bicyclic) bond motifs is 1. The summed E-state index contributed by atoms with van der Waals surface area (Å²) in [7, 11) is 0. The summed E-state index contributed by atoms with van der Waals surface area (Å²) in [6.45, 7) is 5.04. The molecule has 0 saturated carbocycles. The highest BCUT2D eigenvalue weighted by Gasteiger charge is 2.37. The lowest BCUT2D eigenvalue weighted by molar-refractivity contribution is -0.146. The van der Waals surface area contributed by atoms with Gasteiger partial charge in [0, 0.05) is 24.4 Å². The van der Waals surface area contributed by atoms with Crippen LogP contribution in [0.1, 0.15) is 41.5 Å². The van der Waals surface area contributed by atoms with Crippen LogP contribution in [0.2, 0.25) is 0 Å². The van der Waals surface area contributed by atoms with Crippen molar-refractivity contribution in [3.05, 3.63) is 59.6 Å². The van der Waals surface area contributed by atoms with E-state index in [1.165, 1.54) is 35.5 Å². The molecule has 0 aromatic heterocycles. The molecule has 29 heavy (non-hydrogen) atoms. The van der Waals surface area contributed by atoms with Crippen LogP contribution in [-0.4, -0.2) is 56.9 Å². The first-order valence-corrected chi connectivity index (χ1v) is 8.92. The maximum absolute atomic E-state index is 12.7. The molecule has 2 aliphatic heterocycles. The van der Waals surface area contributed by atoms with Gasteiger partial charge in [0.15, 0.2) is 6.61 Å². The van der Waals surface area contributed by atoms with Crippen LogP contribution >= 0.6 is 0 Å². The third-order valence-electron chi connectivity index (χ3n) is 4.46. The second kappa shape index (κ2) is 7.51. The predicted molar refractivity (Wildman–Crippen MR) is 101 cm³/mol. The van der Waals surface area contributed by atoms with Gasteiger partial charge in [-0.3, -0.25) is 24.1 Å². The highest BCUT2D eigenvalue weighted by molar-refractivity contribution is 6.20. The number of carboxylic acid groups (broad SMARTS) is 1. The maximum Gasteiger partial charge on any atom is 0.415 e. The molecule has 4 amide bonds. The summed E-state index contributed by atoms with van der Waals surface area (Å²) in [5.74, 6) is -1.78. The van der Waals surface area contributed by atoms with Crippen LogP contribution in [0.15, 0.2) is 48.4 Å². The number of hydroxylamine groups is 2. The molecule has 0 aliphatic carbocycles. The van der Waals surface area contributed by atoms with Gasteiger partial charge in [0.25, 0.3) is 17.7 Å². The number of nitrogens with zero attached hydrogens (tertiary/aromatic N) is 3. The number of carbonyl (C=O) groups is 4. The van der Waals surface area contributed by atoms with E-state index in [9.17, 15) is 24.3 Å². The van der Waals surface area contributed by atoms with Crippen molar-refractivity contribution in [3.8, 4) is 0 Å². The molecule has 0 radical (unpaired) electrons. The highest BCUT2D eigenvalue weighted by Crippen LogP contribution is 2.30. The van der Waals surface area contributed by atoms with Gasteiger partial charge in [-0.25, -0.2) is 4.79 Å². The normalized spacial score (nSPS) is 16.7. The van der Waals surface area contributed by atoms with E-state index in [-0.39, 0.29) is 17.7 Å². The molecule has 1 aromatic carbocycles. The third-order valence-corrected chi connectivity index (χ3v) is 4.46. The minimum atomic E-state index is -1.17. The monoisotopic (exact) mass is 399 g/mol. The standard InChI is InChI=1S/C20H21N3O6/c1-20(2,3)15-11-21(9-6-10-22(15)19(27)28)16(24)12-29-23-17(25)13-7-4-5-8-14(13)18(23)26/h4-8,10-11H,9,12H2,1-3H3,(H,27,28). The van der Waals surface area contributed by atoms with Crippen LogP contribution in [0.5, 0.6) is 0 Å². The van der Waals surface area contributed by atoms with E-state index in [1.807, 2.05) is 20.8 Å². The minimum Gasteiger partial charge on any atom is -0.464 e. The first-order valence-electron chi connectivity index (χ1n) is 8.92. The summed E-state index contributed by atoms with van der Waals surface area (Å²) in [6, 6.07) is 6.29. The SMILES string of the molecule is CC(C)(C)C1=CN(C(=O)CON2C(=O)c3ccccc3C2=O)CC=CN1C(=O)O. The maximum atomic E-state index is 12.7. The Kier molecular flexibility index (Phi) is 5.25. The molecule has 9 nitrogen and oxygen atoms in total. The summed E-state index contributed by atoms with van der Waals surface area (Å²) in [5.41, 5.74) is 0.270. The van der Waals surface area contributed by atoms with E-state index < -0.39 is 35.8 Å². The fourth-order valence-electron chi connectivity index (χ4n) is 2.99. The van der Waals surface area contributed by atoms with Crippen molar-refractivity contribution < 1.29 is 29.1 Å². The summed E-state index contributed by atoms with van der Waals surface area (Å²) >= 11 is 0. The summed E-state index contributed by atoms with van der Waals surface area (Å²) < 4.78 is 0. The van der Waals surface area contributed by atoms with Gasteiger partial charge in [-0.2, -0.15) is 0 Å². The molecule has 0 fully saturated rings. The summed E-state index contributed by atoms with van der Waals surface area (Å²) in [5, 5.41) is 10.0. The molecule has 2 heterocycles. The molecule has 0 atom stereocenters. The minimum absolute atomic E-state index is 0.119. The number of rotatable bonds is 3. The quantitative estimate of drug-likeness (QED) is 0.783. The number of amides is 4. The molecule has 0 unspecified atom stereocenters. The van der Waals surface area contributed by atoms with Crippen LogP contribution in [0, 0.1) is 5.41 Å². The molecule has 0 saturated heterocycles. The molecular formula is C20H21N3O6. The van der Waals surface area contributed by atoms with Crippen LogP contribution in [0.3, 0.4) is 0 Å². The zero-order valence-electron chi connectivity index (χ0n) is 16.3. The molecule has 0 spiro atoms. The Bertz CT molecular complexity index is 909. The van der Waals surface area contributed by atoms with Crippen LogP contribution in [0.4, 0.5) is 4.79 Å². The van der Waals surface area contributed by atoms with Crippen molar-refractivity contribution in [1.29, 1.82) is 0 Å². The van der Waals surface area contributed by atoms with Gasteiger partial charge in [-0.1, -0.05) is 32.9 Å². The number of allylic oxidation sites excluding steroid dienone is 1. The number of hydrogen-bond donors (Lipinski definition) is 1. The Labute approximate surface area is 167 Å². The smallest absolute Gasteiger partial charge is 0.415 e. The average molecular weight is 399 g/mol. The number of carbonyl (C=O) groups excluding carboxylic acids is 3. The van der Waals surface area contributed by atoms with Crippen molar-refractivity contribution in [2.45, 2.75) is 20.8 Å². The van der Waals surface area contributed by atoms with Gasteiger partial charge < -0.3 is 10.0 Å². The Hall–Kier alpha value is -3.46. The highest BCUT2D eigenvalue weighted by atomic mass is 16.7. The predicted octanol–water partition coefficient (Wildman–Crippen LogP) is 2.44. The second-order valence-electron chi connectivity index (χ2n) is 7.57. The van der Waals surface area contributed by atoms with Gasteiger partial charge in [-0.15, -0.1) is 5.06 Å². The van der Waals surface area contributed by atoms with Crippen molar-refractivity contribution in [3.63, 3.8) is 0 Å². The van der Waals surface area contributed by atoms with Crippen molar-refractivity contribution >= 4 is 23.8 Å². The first-order chi connectivity index (χ1) is 13.6. The zero-order valence-corrected chi connectivity index (χ0v) is 16.3. The van der Waals surface area contributed by atoms with Crippen molar-refractivity contribution in [2.75, 3.05) is 13.2 Å². The number of benzene rings is 1. The average Bonchev–Trinajstić information content (AvgIpc) is 2.82. The fourth-order valence-corrected chi connectivity index (χ4v) is 2.99. The topological polar surface area (TPSA) is 107 Å². The number of imide groups is 1. The molecule has 2 aliphatic rings. The molecule has 9 heteroatoms. The number of hydrogen-bond acceptors (Lipinski definition) is 5. The molecule has 1 N–H and O–H groups in total. The summed E-state index contributed by atoms with van der Waals surface area (Å²) in [4.78, 5) is 56.4. The Balaban J connectivity index is 1.75. The Morgan fingerprint density at radius 1 is 1.10 bits per heavy atom. The van der Waals surface area contributed by atoms with Gasteiger partial charge in [-0.05, 0) is 18.2 Å². The van der Waals surface area contributed by atoms with E-state index >= 15 is 0 Å². The second-order valence-corrected chi connectivity index (χ2v) is 7.57. The third kappa shape index (κ3) is 3.90. The zero-order chi connectivity index (χ0) is 21.3. The molecular weight excluding hydrogens is 378 g/mol. The van der Waals surface area contributed by atoms with Gasteiger partial charge in [0.1, 0.15) is 0 Å². The summed E-state index contributed by atoms with van der Waals surface area (Å²) in [6.07, 6.45) is 3.20. The van der Waals surface area contributed by atoms with Crippen LogP contribution in [-0.2, 0) is 9.63 Å². The largest absolute Gasteiger partial charge is 0.464 e. The Morgan fingerprint density at radius 3 is 2.21 bits per heavy atom. The van der Waals surface area contributed by atoms with Crippen LogP contribution < -0.4 is 0 Å². The van der Waals surface area contributed by atoms with Gasteiger partial charge in [0.2, 0.25) is 0 Å². The van der Waals surface area contributed by atoms with E-state index in [1.54, 1.807) is 12.1 Å². The lowest BCUT2D eigenvalue weighted by Gasteiger charge is -2.30. The van der Waals surface area contributed by atoms with Crippen molar-refractivity contribution in [1.82, 2.24) is 14.9 Å². The van der Waals surface area contributed by atoms with Crippen LogP contribution in [0.25, 0.3) is 0 Å². The Morgan fingerprint density at radius 2 is 1.69 bits per heavy atom. The molecule has 0 bridgehead atoms. The lowest BCUT2D eigenvalue weighted by atomic mass is 9.91. The van der Waals surface area contributed by atoms with E-state index in [4.69, 9.17) is 4.84 Å². The van der Waals surface area contributed by atoms with Gasteiger partial charge in [0.05, 0.1) is 16.8 Å². The van der Waals surface area contributed by atoms with Gasteiger partial charge >= 0.3 is 6.09 Å².